The van der Waals surface area contributed by atoms with Gasteiger partial charge < -0.3 is 9.47 Å². The highest BCUT2D eigenvalue weighted by Crippen LogP contribution is 2.29. The second kappa shape index (κ2) is 9.24. The molecule has 0 saturated carbocycles. The monoisotopic (exact) mass is 447 g/mol. The molecule has 168 valence electrons. The third-order valence-corrected chi connectivity index (χ3v) is 5.86. The van der Waals surface area contributed by atoms with E-state index in [-0.39, 0.29) is 0 Å². The number of aliphatic imine (C=N–C) groups is 1. The van der Waals surface area contributed by atoms with E-state index in [1.54, 1.807) is 14.2 Å². The van der Waals surface area contributed by atoms with Crippen molar-refractivity contribution in [1.29, 1.82) is 0 Å². The molecule has 0 saturated heterocycles. The van der Waals surface area contributed by atoms with Gasteiger partial charge in [-0.05, 0) is 66.6 Å². The molecule has 34 heavy (non-hydrogen) atoms. The number of benzene rings is 4. The van der Waals surface area contributed by atoms with Crippen LogP contribution in [0.3, 0.4) is 0 Å². The van der Waals surface area contributed by atoms with E-state index in [1.807, 2.05) is 42.5 Å². The molecule has 1 heterocycles. The number of hydrogen-bond acceptors (Lipinski definition) is 5. The Morgan fingerprint density at radius 3 is 1.74 bits per heavy atom. The molecule has 0 radical (unpaired) electrons. The van der Waals surface area contributed by atoms with Gasteiger partial charge in [0.05, 0.1) is 25.6 Å². The minimum Gasteiger partial charge on any atom is -0.497 e. The van der Waals surface area contributed by atoms with Crippen molar-refractivity contribution in [3.8, 4) is 22.6 Å². The normalized spacial score (nSPS) is 12.6. The number of nitrogens with zero attached hydrogens (tertiary/aromatic N) is 2. The van der Waals surface area contributed by atoms with Crippen molar-refractivity contribution >= 4 is 17.2 Å². The highest BCUT2D eigenvalue weighted by molar-refractivity contribution is 6.18. The van der Waals surface area contributed by atoms with Crippen LogP contribution in [0.2, 0.25) is 0 Å². The number of rotatable bonds is 5. The lowest BCUT2D eigenvalue weighted by Gasteiger charge is -2.10. The van der Waals surface area contributed by atoms with E-state index < -0.39 is 0 Å². The smallest absolute Gasteiger partial charge is 0.154 e. The lowest BCUT2D eigenvalue weighted by molar-refractivity contribution is 0.414. The Morgan fingerprint density at radius 1 is 0.618 bits per heavy atom. The minimum atomic E-state index is 0.692. The van der Waals surface area contributed by atoms with E-state index in [9.17, 15) is 0 Å². The maximum atomic E-state index is 5.28. The number of hydrogen-bond donors (Lipinski definition) is 1. The third kappa shape index (κ3) is 4.28. The maximum Gasteiger partial charge on any atom is 0.154 e. The van der Waals surface area contributed by atoms with Crippen molar-refractivity contribution in [2.45, 2.75) is 6.92 Å². The van der Waals surface area contributed by atoms with Gasteiger partial charge in [-0.25, -0.2) is 4.99 Å². The summed E-state index contributed by atoms with van der Waals surface area (Å²) in [6.07, 6.45) is 0. The molecule has 1 aliphatic heterocycles. The van der Waals surface area contributed by atoms with Crippen molar-refractivity contribution in [2.24, 2.45) is 10.1 Å². The van der Waals surface area contributed by atoms with Crippen LogP contribution in [0.15, 0.2) is 101 Å². The summed E-state index contributed by atoms with van der Waals surface area (Å²) >= 11 is 0. The molecular weight excluding hydrogens is 422 g/mol. The number of amidine groups is 1. The van der Waals surface area contributed by atoms with Crippen LogP contribution in [0.5, 0.6) is 11.5 Å². The summed E-state index contributed by atoms with van der Waals surface area (Å²) in [6.45, 7) is 2.08. The Kier molecular flexibility index (Phi) is 5.83. The van der Waals surface area contributed by atoms with Crippen LogP contribution in [0.1, 0.15) is 22.3 Å². The Balaban J connectivity index is 1.51. The molecule has 5 rings (SSSR count). The van der Waals surface area contributed by atoms with Crippen molar-refractivity contribution < 1.29 is 9.47 Å². The van der Waals surface area contributed by atoms with E-state index in [0.717, 1.165) is 56.3 Å². The van der Waals surface area contributed by atoms with E-state index in [2.05, 4.69) is 60.9 Å². The van der Waals surface area contributed by atoms with E-state index in [1.165, 1.54) is 0 Å². The topological polar surface area (TPSA) is 55.2 Å². The van der Waals surface area contributed by atoms with E-state index in [4.69, 9.17) is 19.6 Å². The Morgan fingerprint density at radius 2 is 1.15 bits per heavy atom. The molecule has 0 aromatic heterocycles. The van der Waals surface area contributed by atoms with Gasteiger partial charge >= 0.3 is 0 Å². The molecule has 0 spiro atoms. The first-order valence-electron chi connectivity index (χ1n) is 11.1. The number of methoxy groups -OCH3 is 2. The molecule has 5 heteroatoms. The molecule has 0 unspecified atom stereocenters. The van der Waals surface area contributed by atoms with E-state index in [0.29, 0.717) is 5.84 Å². The van der Waals surface area contributed by atoms with Crippen LogP contribution in [-0.2, 0) is 0 Å². The number of ether oxygens (including phenoxy) is 2. The fourth-order valence-corrected chi connectivity index (χ4v) is 3.95. The minimum absolute atomic E-state index is 0.692. The zero-order chi connectivity index (χ0) is 23.5. The van der Waals surface area contributed by atoms with Crippen LogP contribution in [0.25, 0.3) is 11.1 Å². The van der Waals surface area contributed by atoms with Gasteiger partial charge in [0.15, 0.2) is 5.84 Å². The van der Waals surface area contributed by atoms with Gasteiger partial charge in [0.1, 0.15) is 11.5 Å². The van der Waals surface area contributed by atoms with Gasteiger partial charge in [0, 0.05) is 16.7 Å². The average molecular weight is 448 g/mol. The molecule has 4 aromatic carbocycles. The highest BCUT2D eigenvalue weighted by atomic mass is 16.5. The summed E-state index contributed by atoms with van der Waals surface area (Å²) in [5.74, 6) is 2.34. The first kappa shape index (κ1) is 21.5. The van der Waals surface area contributed by atoms with Crippen molar-refractivity contribution in [2.75, 3.05) is 14.2 Å². The number of nitrogens with one attached hydrogen (secondary N) is 1. The molecule has 0 atom stereocenters. The summed E-state index contributed by atoms with van der Waals surface area (Å²) in [5.41, 5.74) is 11.3. The third-order valence-electron chi connectivity index (χ3n) is 5.86. The molecular formula is C29H25N3O2. The largest absolute Gasteiger partial charge is 0.497 e. The Bertz CT molecular complexity index is 1370. The molecule has 0 fully saturated rings. The predicted molar refractivity (Wildman–Crippen MR) is 138 cm³/mol. The quantitative estimate of drug-likeness (QED) is 0.401. The summed E-state index contributed by atoms with van der Waals surface area (Å²) < 4.78 is 10.6. The summed E-state index contributed by atoms with van der Waals surface area (Å²) in [5, 5.41) is 4.79. The van der Waals surface area contributed by atoms with Gasteiger partial charge in [-0.1, -0.05) is 48.0 Å². The van der Waals surface area contributed by atoms with Gasteiger partial charge in [-0.2, -0.15) is 5.10 Å². The average Bonchev–Trinajstić information content (AvgIpc) is 3.08. The zero-order valence-corrected chi connectivity index (χ0v) is 19.4. The molecule has 1 aliphatic rings. The lowest BCUT2D eigenvalue weighted by Crippen LogP contribution is -2.19. The van der Waals surface area contributed by atoms with Crippen LogP contribution < -0.4 is 14.9 Å². The molecule has 0 amide bonds. The van der Waals surface area contributed by atoms with Crippen molar-refractivity contribution in [1.82, 2.24) is 5.43 Å². The Labute approximate surface area is 199 Å². The number of aryl methyl sites for hydroxylation is 1. The van der Waals surface area contributed by atoms with E-state index >= 15 is 0 Å². The molecule has 5 nitrogen and oxygen atoms in total. The van der Waals surface area contributed by atoms with Gasteiger partial charge in [0.2, 0.25) is 0 Å². The van der Waals surface area contributed by atoms with Gasteiger partial charge in [-0.15, -0.1) is 0 Å². The second-order valence-corrected chi connectivity index (χ2v) is 8.09. The maximum absolute atomic E-state index is 5.28. The summed E-state index contributed by atoms with van der Waals surface area (Å²) in [4.78, 5) is 4.90. The first-order valence-corrected chi connectivity index (χ1v) is 11.1. The van der Waals surface area contributed by atoms with Crippen LogP contribution in [0.4, 0.5) is 5.69 Å². The lowest BCUT2D eigenvalue weighted by atomic mass is 9.97. The second-order valence-electron chi connectivity index (χ2n) is 8.09. The molecule has 0 bridgehead atoms. The van der Waals surface area contributed by atoms with Crippen molar-refractivity contribution in [3.63, 3.8) is 0 Å². The predicted octanol–water partition coefficient (Wildman–Crippen LogP) is 6.11. The van der Waals surface area contributed by atoms with Crippen LogP contribution in [-0.4, -0.2) is 25.8 Å². The fraction of sp³-hybridized carbons (Fsp3) is 0.103. The van der Waals surface area contributed by atoms with Crippen LogP contribution >= 0.6 is 0 Å². The standard InChI is InChI=1S/C29H25N3O2/c1-19-4-17-27-26(18-19)28(31-32-29(30-27)23-11-15-25(34-3)16-12-23)22-7-5-20(6-8-22)21-9-13-24(33-2)14-10-21/h4-18H,1-3H3,(H,30,32). The number of fused-ring (bicyclic) bond motifs is 1. The molecule has 0 aliphatic carbocycles. The molecule has 4 aromatic rings. The first-order chi connectivity index (χ1) is 16.6. The zero-order valence-electron chi connectivity index (χ0n) is 19.4. The van der Waals surface area contributed by atoms with Gasteiger partial charge in [-0.3, -0.25) is 5.43 Å². The van der Waals surface area contributed by atoms with Crippen molar-refractivity contribution in [3.05, 3.63) is 113 Å². The fourth-order valence-electron chi connectivity index (χ4n) is 3.95. The summed E-state index contributed by atoms with van der Waals surface area (Å²) in [7, 11) is 3.33. The SMILES string of the molecule is COc1ccc(C2=Nc3ccc(C)cc3C(c3ccc(-c4ccc(OC)cc4)cc3)=NN2)cc1. The van der Waals surface area contributed by atoms with Gasteiger partial charge in [0.25, 0.3) is 0 Å². The Hall–Kier alpha value is -4.38. The number of hydrazone groups is 1. The van der Waals surface area contributed by atoms with Crippen LogP contribution in [0, 0.1) is 6.92 Å². The molecule has 1 N–H and O–H groups in total. The summed E-state index contributed by atoms with van der Waals surface area (Å²) in [6, 6.07) is 30.5. The highest BCUT2D eigenvalue weighted by Gasteiger charge is 2.18.